The number of benzene rings is 2. The molecule has 8 heteroatoms. The molecule has 1 aliphatic rings. The van der Waals surface area contributed by atoms with Crippen molar-refractivity contribution in [3.8, 4) is 0 Å². The molecule has 0 aliphatic heterocycles. The summed E-state index contributed by atoms with van der Waals surface area (Å²) in [5.74, 6) is 0.853. The fourth-order valence-electron chi connectivity index (χ4n) is 5.21. The van der Waals surface area contributed by atoms with E-state index < -0.39 is 15.8 Å². The minimum absolute atomic E-state index is 0.208. The van der Waals surface area contributed by atoms with Crippen LogP contribution in [0.25, 0.3) is 11.0 Å². The second-order valence-electron chi connectivity index (χ2n) is 9.99. The molecule has 1 N–H and O–H groups in total. The molecule has 2 aromatic carbocycles. The molecule has 0 radical (unpaired) electrons. The topological polar surface area (TPSA) is 90.3 Å². The van der Waals surface area contributed by atoms with E-state index in [9.17, 15) is 13.2 Å². The molecule has 1 heterocycles. The molecule has 4 rings (SSSR count). The van der Waals surface area contributed by atoms with Crippen LogP contribution in [-0.2, 0) is 14.6 Å². The van der Waals surface area contributed by atoms with Crippen LogP contribution in [0.15, 0.2) is 47.4 Å². The Morgan fingerprint density at radius 1 is 1.15 bits per heavy atom. The average Bonchev–Trinajstić information content (AvgIpc) is 3.08. The van der Waals surface area contributed by atoms with Crippen molar-refractivity contribution in [1.82, 2.24) is 9.55 Å². The van der Waals surface area contributed by atoms with Gasteiger partial charge in [-0.05, 0) is 73.1 Å². The van der Waals surface area contributed by atoms with Crippen molar-refractivity contribution in [2.24, 2.45) is 11.3 Å². The number of carbonyl (C=O) groups is 1. The second kappa shape index (κ2) is 8.48. The Kier molecular flexibility index (Phi) is 5.99. The molecule has 2 unspecified atom stereocenters. The highest BCUT2D eigenvalue weighted by atomic mass is 32.2. The summed E-state index contributed by atoms with van der Waals surface area (Å²) >= 11 is 0. The lowest BCUT2D eigenvalue weighted by Gasteiger charge is -2.40. The first-order chi connectivity index (χ1) is 15.5. The van der Waals surface area contributed by atoms with Gasteiger partial charge in [0.2, 0.25) is 5.95 Å². The molecule has 0 amide bonds. The summed E-state index contributed by atoms with van der Waals surface area (Å²) in [6.45, 7) is 6.90. The van der Waals surface area contributed by atoms with Crippen LogP contribution in [0.4, 0.5) is 11.6 Å². The number of anilines is 2. The number of nitrogens with zero attached hydrogens (tertiary/aromatic N) is 2. The van der Waals surface area contributed by atoms with Gasteiger partial charge in [0.15, 0.2) is 9.84 Å². The highest BCUT2D eigenvalue weighted by Gasteiger charge is 2.34. The Labute approximate surface area is 195 Å². The predicted molar refractivity (Wildman–Crippen MR) is 130 cm³/mol. The minimum Gasteiger partial charge on any atom is -0.465 e. The maximum absolute atomic E-state index is 12.1. The van der Waals surface area contributed by atoms with Crippen LogP contribution in [0.1, 0.15) is 56.4 Å². The van der Waals surface area contributed by atoms with E-state index in [0.717, 1.165) is 24.0 Å². The summed E-state index contributed by atoms with van der Waals surface area (Å²) in [5, 5.41) is 3.38. The van der Waals surface area contributed by atoms with Gasteiger partial charge in [-0.2, -0.15) is 0 Å². The highest BCUT2D eigenvalue weighted by molar-refractivity contribution is 7.90. The Hall–Kier alpha value is -2.87. The van der Waals surface area contributed by atoms with E-state index >= 15 is 0 Å². The molecule has 1 fully saturated rings. The molecule has 176 valence electrons. The van der Waals surface area contributed by atoms with Gasteiger partial charge in [-0.15, -0.1) is 0 Å². The second-order valence-corrected chi connectivity index (χ2v) is 12.0. The van der Waals surface area contributed by atoms with E-state index in [1.807, 2.05) is 6.07 Å². The Bertz CT molecular complexity index is 1290. The largest absolute Gasteiger partial charge is 0.465 e. The lowest BCUT2D eigenvalue weighted by atomic mass is 9.70. The average molecular weight is 470 g/mol. The summed E-state index contributed by atoms with van der Waals surface area (Å²) in [6.07, 6.45) is 4.43. The number of ether oxygens (including phenoxy) is 1. The van der Waals surface area contributed by atoms with Crippen LogP contribution >= 0.6 is 0 Å². The smallest absolute Gasteiger partial charge is 0.337 e. The zero-order valence-corrected chi connectivity index (χ0v) is 20.6. The molecule has 0 spiro atoms. The number of hydrogen-bond acceptors (Lipinski definition) is 6. The lowest BCUT2D eigenvalue weighted by molar-refractivity contribution is 0.0601. The molecular formula is C25H31N3O4S. The van der Waals surface area contributed by atoms with Crippen LogP contribution in [0.2, 0.25) is 0 Å². The molecule has 1 saturated carbocycles. The van der Waals surface area contributed by atoms with Crippen LogP contribution in [0.3, 0.4) is 0 Å². The van der Waals surface area contributed by atoms with E-state index in [1.54, 1.807) is 36.4 Å². The Morgan fingerprint density at radius 3 is 2.45 bits per heavy atom. The predicted octanol–water partition coefficient (Wildman–Crippen LogP) is 5.36. The maximum Gasteiger partial charge on any atom is 0.337 e. The third-order valence-corrected chi connectivity index (χ3v) is 7.51. The maximum atomic E-state index is 12.1. The Balaban J connectivity index is 1.79. The van der Waals surface area contributed by atoms with Crippen molar-refractivity contribution in [2.45, 2.75) is 51.0 Å². The highest BCUT2D eigenvalue weighted by Crippen LogP contribution is 2.46. The first-order valence-corrected chi connectivity index (χ1v) is 13.0. The van der Waals surface area contributed by atoms with Gasteiger partial charge in [0, 0.05) is 18.0 Å². The fourth-order valence-corrected chi connectivity index (χ4v) is 5.84. The number of sulfone groups is 1. The lowest BCUT2D eigenvalue weighted by Crippen LogP contribution is -2.29. The number of aromatic nitrogens is 2. The monoisotopic (exact) mass is 469 g/mol. The summed E-state index contributed by atoms with van der Waals surface area (Å²) < 4.78 is 30.7. The van der Waals surface area contributed by atoms with Gasteiger partial charge in [-0.1, -0.05) is 20.8 Å². The number of carbonyl (C=O) groups excluding carboxylic acids is 1. The summed E-state index contributed by atoms with van der Waals surface area (Å²) in [7, 11) is -1.90. The normalized spacial score (nSPS) is 20.5. The van der Waals surface area contributed by atoms with E-state index in [2.05, 4.69) is 30.7 Å². The van der Waals surface area contributed by atoms with Crippen molar-refractivity contribution in [1.29, 1.82) is 0 Å². The first-order valence-electron chi connectivity index (χ1n) is 11.1. The van der Waals surface area contributed by atoms with Crippen molar-refractivity contribution in [3.63, 3.8) is 0 Å². The third kappa shape index (κ3) is 4.90. The first kappa shape index (κ1) is 23.3. The zero-order valence-electron chi connectivity index (χ0n) is 19.8. The minimum atomic E-state index is -3.27. The molecule has 0 bridgehead atoms. The summed E-state index contributed by atoms with van der Waals surface area (Å²) in [5.41, 5.74) is 3.07. The molecule has 7 nitrogen and oxygen atoms in total. The molecule has 33 heavy (non-hydrogen) atoms. The molecule has 0 saturated heterocycles. The van der Waals surface area contributed by atoms with Gasteiger partial charge in [-0.25, -0.2) is 18.2 Å². The van der Waals surface area contributed by atoms with Crippen LogP contribution in [0, 0.1) is 11.3 Å². The SMILES string of the molecule is COC(=O)c1ccc2c(c1)nc(Nc1ccc(S(C)(=O)=O)cc1)n2C1CC(C)CC(C)(C)C1. The van der Waals surface area contributed by atoms with Crippen molar-refractivity contribution < 1.29 is 17.9 Å². The third-order valence-electron chi connectivity index (χ3n) is 6.38. The number of nitrogens with one attached hydrogen (secondary N) is 1. The molecular weight excluding hydrogens is 438 g/mol. The van der Waals surface area contributed by atoms with E-state index in [4.69, 9.17) is 9.72 Å². The Morgan fingerprint density at radius 2 is 1.85 bits per heavy atom. The van der Waals surface area contributed by atoms with Gasteiger partial charge < -0.3 is 14.6 Å². The van der Waals surface area contributed by atoms with Crippen LogP contribution < -0.4 is 5.32 Å². The van der Waals surface area contributed by atoms with Gasteiger partial charge >= 0.3 is 5.97 Å². The molecule has 1 aliphatic carbocycles. The molecule has 3 aromatic rings. The quantitative estimate of drug-likeness (QED) is 0.506. The standard InChI is InChI=1S/C25H31N3O4S/c1-16-12-19(15-25(2,3)14-16)28-22-11-6-17(23(29)32-4)13-21(22)27-24(28)26-18-7-9-20(10-8-18)33(5,30)31/h6-11,13,16,19H,12,14-15H2,1-5H3,(H,26,27). The van der Waals surface area contributed by atoms with E-state index in [0.29, 0.717) is 22.9 Å². The molecule has 2 atom stereocenters. The van der Waals surface area contributed by atoms with Crippen LogP contribution in [-0.4, -0.2) is 37.3 Å². The van der Waals surface area contributed by atoms with Crippen molar-refractivity contribution >= 4 is 38.5 Å². The summed E-state index contributed by atoms with van der Waals surface area (Å²) in [6, 6.07) is 12.4. The van der Waals surface area contributed by atoms with E-state index in [1.165, 1.54) is 19.8 Å². The number of methoxy groups -OCH3 is 1. The van der Waals surface area contributed by atoms with Gasteiger partial charge in [-0.3, -0.25) is 0 Å². The van der Waals surface area contributed by atoms with Crippen molar-refractivity contribution in [2.75, 3.05) is 18.7 Å². The number of esters is 1. The van der Waals surface area contributed by atoms with Crippen molar-refractivity contribution in [3.05, 3.63) is 48.0 Å². The van der Waals surface area contributed by atoms with Crippen LogP contribution in [0.5, 0.6) is 0 Å². The summed E-state index contributed by atoms with van der Waals surface area (Å²) in [4.78, 5) is 17.2. The van der Waals surface area contributed by atoms with Gasteiger partial charge in [0.1, 0.15) is 0 Å². The fraction of sp³-hybridized carbons (Fsp3) is 0.440. The number of hydrogen-bond donors (Lipinski definition) is 1. The number of fused-ring (bicyclic) bond motifs is 1. The molecule has 1 aromatic heterocycles. The zero-order chi connectivity index (χ0) is 24.0. The number of rotatable bonds is 5. The number of imidazole rings is 1. The van der Waals surface area contributed by atoms with E-state index in [-0.39, 0.29) is 16.4 Å². The van der Waals surface area contributed by atoms with Gasteiger partial charge in [0.05, 0.1) is 28.6 Å². The van der Waals surface area contributed by atoms with Gasteiger partial charge in [0.25, 0.3) is 0 Å².